The number of aliphatic hydroxyl groups excluding tert-OH is 2. The summed E-state index contributed by atoms with van der Waals surface area (Å²) < 4.78 is 46.1. The van der Waals surface area contributed by atoms with Crippen molar-refractivity contribution in [2.24, 2.45) is 17.8 Å². The number of halogens is 1. The minimum absolute atomic E-state index is 0.0301. The molecule has 2 saturated heterocycles. The monoisotopic (exact) mass is 804 g/mol. The van der Waals surface area contributed by atoms with Gasteiger partial charge in [-0.2, -0.15) is 0 Å². The quantitative estimate of drug-likeness (QED) is 0.202. The molecule has 15 heteroatoms. The number of hydrogen-bond donors (Lipinski definition) is 4. The standard InChI is InChI=1S/C42H61FN2O12/c1-23-22-40(5,53-10)37(57-38-34(48)29(45(8)9)19-24(2)55-38)26(4)35(49)41(6,43)39(51)56-31(42(7,52)36(50)25(3)33(23)47)16-17-44-32(46)21-27-13-11-14-28(20-27)30-15-12-18-54-30/h11-15,18,20,23-26,29,31,34,36-38,48,50,52H,16-17,19,21-22H2,1-10H3,(H,44,46)/t23-,24?,25+,26+,29?,31-,34?,36-,37-,38?,40-,41+,42-/m1/s1. The molecule has 57 heavy (non-hydrogen) atoms. The van der Waals surface area contributed by atoms with E-state index in [1.807, 2.05) is 11.0 Å². The van der Waals surface area contributed by atoms with Gasteiger partial charge in [-0.15, -0.1) is 0 Å². The molecule has 3 heterocycles. The number of furan rings is 1. The minimum Gasteiger partial charge on any atom is -0.464 e. The molecule has 13 atom stereocenters. The van der Waals surface area contributed by atoms with E-state index in [4.69, 9.17) is 23.4 Å². The number of methoxy groups -OCH3 is 1. The zero-order chi connectivity index (χ0) is 42.6. The number of hydrogen-bond acceptors (Lipinski definition) is 13. The van der Waals surface area contributed by atoms with E-state index in [2.05, 4.69) is 5.32 Å². The van der Waals surface area contributed by atoms with Crippen molar-refractivity contribution in [1.29, 1.82) is 0 Å². The van der Waals surface area contributed by atoms with Gasteiger partial charge in [-0.3, -0.25) is 14.4 Å². The molecule has 2 aromatic rings. The Morgan fingerprint density at radius 1 is 1.04 bits per heavy atom. The van der Waals surface area contributed by atoms with Gasteiger partial charge in [-0.1, -0.05) is 39.0 Å². The van der Waals surface area contributed by atoms with Gasteiger partial charge in [-0.05, 0) is 78.4 Å². The van der Waals surface area contributed by atoms with Gasteiger partial charge in [0.05, 0.1) is 36.6 Å². The van der Waals surface area contributed by atoms with E-state index in [9.17, 15) is 34.5 Å². The van der Waals surface area contributed by atoms with Gasteiger partial charge in [0.15, 0.2) is 12.1 Å². The van der Waals surface area contributed by atoms with E-state index in [1.54, 1.807) is 71.5 Å². The number of benzene rings is 1. The van der Waals surface area contributed by atoms with Crippen LogP contribution in [0.4, 0.5) is 4.39 Å². The molecule has 4 N–H and O–H groups in total. The Hall–Kier alpha value is -3.57. The molecule has 1 aromatic carbocycles. The van der Waals surface area contributed by atoms with Crippen LogP contribution < -0.4 is 5.32 Å². The molecular weight excluding hydrogens is 743 g/mol. The second-order valence-corrected chi connectivity index (χ2v) is 16.7. The molecular formula is C42H61FN2O12. The van der Waals surface area contributed by atoms with Crippen LogP contribution in [0, 0.1) is 17.8 Å². The molecule has 1 amide bonds. The van der Waals surface area contributed by atoms with Crippen molar-refractivity contribution >= 4 is 23.4 Å². The summed E-state index contributed by atoms with van der Waals surface area (Å²) in [5.74, 6) is -6.74. The summed E-state index contributed by atoms with van der Waals surface area (Å²) in [4.78, 5) is 56.7. The topological polar surface area (TPSA) is 194 Å². The van der Waals surface area contributed by atoms with E-state index in [0.29, 0.717) is 17.7 Å². The van der Waals surface area contributed by atoms with Crippen molar-refractivity contribution in [2.45, 2.75) is 134 Å². The van der Waals surface area contributed by atoms with Crippen molar-refractivity contribution in [3.63, 3.8) is 0 Å². The highest BCUT2D eigenvalue weighted by Gasteiger charge is 2.56. The molecule has 2 aliphatic heterocycles. The molecule has 0 saturated carbocycles. The molecule has 2 fully saturated rings. The van der Waals surface area contributed by atoms with Crippen LogP contribution in [0.2, 0.25) is 0 Å². The van der Waals surface area contributed by atoms with E-state index >= 15 is 4.39 Å². The number of ether oxygens (including phenoxy) is 4. The number of rotatable bonds is 10. The van der Waals surface area contributed by atoms with Gasteiger partial charge >= 0.3 is 5.97 Å². The Morgan fingerprint density at radius 2 is 1.72 bits per heavy atom. The summed E-state index contributed by atoms with van der Waals surface area (Å²) in [6.07, 6.45) is -6.22. The van der Waals surface area contributed by atoms with E-state index in [1.165, 1.54) is 21.0 Å². The van der Waals surface area contributed by atoms with Gasteiger partial charge < -0.3 is 48.9 Å². The number of aliphatic hydroxyl groups is 3. The number of alkyl halides is 1. The first kappa shape index (κ1) is 46.1. The first-order valence-corrected chi connectivity index (χ1v) is 19.5. The highest BCUT2D eigenvalue weighted by molar-refractivity contribution is 6.07. The molecule has 0 radical (unpaired) electrons. The molecule has 4 unspecified atom stereocenters. The Morgan fingerprint density at radius 3 is 2.33 bits per heavy atom. The van der Waals surface area contributed by atoms with E-state index in [-0.39, 0.29) is 31.9 Å². The third-order valence-electron chi connectivity index (χ3n) is 11.8. The van der Waals surface area contributed by atoms with Crippen LogP contribution in [0.15, 0.2) is 47.1 Å². The van der Waals surface area contributed by atoms with Crippen molar-refractivity contribution in [3.05, 3.63) is 48.2 Å². The molecule has 0 aliphatic carbocycles. The van der Waals surface area contributed by atoms with Crippen LogP contribution in [0.1, 0.15) is 73.3 Å². The number of amides is 1. The second kappa shape index (κ2) is 18.6. The number of nitrogens with zero attached hydrogens (tertiary/aromatic N) is 1. The fourth-order valence-corrected chi connectivity index (χ4v) is 8.16. The Kier molecular flexibility index (Phi) is 15.0. The summed E-state index contributed by atoms with van der Waals surface area (Å²) in [6, 6.07) is 10.3. The Balaban J connectivity index is 1.63. The van der Waals surface area contributed by atoms with Crippen molar-refractivity contribution in [2.75, 3.05) is 27.7 Å². The second-order valence-electron chi connectivity index (χ2n) is 16.7. The van der Waals surface area contributed by atoms with Crippen LogP contribution in [0.25, 0.3) is 11.3 Å². The lowest BCUT2D eigenvalue weighted by Crippen LogP contribution is -2.61. The summed E-state index contributed by atoms with van der Waals surface area (Å²) in [5, 5.41) is 37.4. The number of carbonyl (C=O) groups is 4. The van der Waals surface area contributed by atoms with Crippen LogP contribution in [0.3, 0.4) is 0 Å². The van der Waals surface area contributed by atoms with Crippen LogP contribution in [-0.4, -0.2) is 131 Å². The van der Waals surface area contributed by atoms with Crippen molar-refractivity contribution in [3.8, 4) is 11.3 Å². The number of nitrogens with one attached hydrogen (secondary N) is 1. The van der Waals surface area contributed by atoms with E-state index in [0.717, 1.165) is 19.4 Å². The predicted octanol–water partition coefficient (Wildman–Crippen LogP) is 3.41. The molecule has 0 bridgehead atoms. The third-order valence-corrected chi connectivity index (χ3v) is 11.8. The fraction of sp³-hybridized carbons (Fsp3) is 0.667. The number of cyclic esters (lactones) is 1. The number of Topliss-reactive ketones (excluding diaryl/α,β-unsaturated/α-hetero) is 2. The third kappa shape index (κ3) is 10.4. The first-order valence-electron chi connectivity index (χ1n) is 19.5. The maximum atomic E-state index is 16.8. The molecule has 318 valence electrons. The molecule has 2 aliphatic rings. The lowest BCUT2D eigenvalue weighted by molar-refractivity contribution is -0.295. The average Bonchev–Trinajstić information content (AvgIpc) is 3.71. The fourth-order valence-electron chi connectivity index (χ4n) is 8.16. The number of likely N-dealkylation sites (N-methyl/N-ethyl adjacent to an activating group) is 1. The smallest absolute Gasteiger partial charge is 0.351 e. The Labute approximate surface area is 334 Å². The SMILES string of the molecule is CO[C@]1(C)C[C@@H](C)C(=O)[C@H](C)[C@@H](O)[C@](C)(O)[C@@H](CCNC(=O)Cc2cccc(-c3ccco3)c2)OC(=O)[C@@](C)(F)C(=O)[C@H](C)[C@H]1OC1OC(C)CC(N(C)C)C1O. The molecule has 14 nitrogen and oxygen atoms in total. The zero-order valence-electron chi connectivity index (χ0n) is 34.7. The van der Waals surface area contributed by atoms with E-state index < -0.39 is 94.8 Å². The lowest BCUT2D eigenvalue weighted by atomic mass is 9.74. The van der Waals surface area contributed by atoms with Crippen LogP contribution >= 0.6 is 0 Å². The summed E-state index contributed by atoms with van der Waals surface area (Å²) in [6.45, 7) is 9.45. The van der Waals surface area contributed by atoms with Gasteiger partial charge in [0.25, 0.3) is 5.67 Å². The highest BCUT2D eigenvalue weighted by atomic mass is 19.1. The van der Waals surface area contributed by atoms with Crippen LogP contribution in [0.5, 0.6) is 0 Å². The first-order chi connectivity index (χ1) is 26.5. The van der Waals surface area contributed by atoms with Gasteiger partial charge in [0, 0.05) is 49.4 Å². The van der Waals surface area contributed by atoms with Crippen LogP contribution in [-0.2, 0) is 44.5 Å². The normalized spacial score (nSPS) is 37.4. The molecule has 4 rings (SSSR count). The van der Waals surface area contributed by atoms with Crippen molar-refractivity contribution < 1.29 is 62.3 Å². The van der Waals surface area contributed by atoms with Crippen molar-refractivity contribution in [1.82, 2.24) is 10.2 Å². The summed E-state index contributed by atoms with van der Waals surface area (Å²) >= 11 is 0. The van der Waals surface area contributed by atoms with Gasteiger partial charge in [0.1, 0.15) is 29.4 Å². The summed E-state index contributed by atoms with van der Waals surface area (Å²) in [7, 11) is 4.92. The predicted molar refractivity (Wildman–Crippen MR) is 206 cm³/mol. The zero-order valence-corrected chi connectivity index (χ0v) is 34.7. The highest BCUT2D eigenvalue weighted by Crippen LogP contribution is 2.39. The van der Waals surface area contributed by atoms with Gasteiger partial charge in [0.2, 0.25) is 5.91 Å². The number of carbonyl (C=O) groups excluding carboxylic acids is 4. The minimum atomic E-state index is -3.32. The molecule has 1 aromatic heterocycles. The average molecular weight is 805 g/mol. The number of ketones is 2. The maximum absolute atomic E-state index is 16.8. The maximum Gasteiger partial charge on any atom is 0.351 e. The van der Waals surface area contributed by atoms with Gasteiger partial charge in [-0.25, -0.2) is 9.18 Å². The summed E-state index contributed by atoms with van der Waals surface area (Å²) in [5.41, 5.74) is -5.74. The molecule has 0 spiro atoms. The number of esters is 1. The lowest BCUT2D eigenvalue weighted by Gasteiger charge is -2.47. The Bertz CT molecular complexity index is 1700. The largest absolute Gasteiger partial charge is 0.464 e.